The maximum absolute atomic E-state index is 12.1. The van der Waals surface area contributed by atoms with E-state index in [1.54, 1.807) is 30.3 Å². The Morgan fingerprint density at radius 2 is 1.67 bits per heavy atom. The fourth-order valence-electron chi connectivity index (χ4n) is 1.92. The Hall–Kier alpha value is -2.62. The Morgan fingerprint density at radius 1 is 1.00 bits per heavy atom. The lowest BCUT2D eigenvalue weighted by molar-refractivity contribution is -0.140. The van der Waals surface area contributed by atoms with Crippen molar-refractivity contribution in [2.75, 3.05) is 7.11 Å². The van der Waals surface area contributed by atoms with Gasteiger partial charge < -0.3 is 4.74 Å². The molecule has 0 aliphatic heterocycles. The molecule has 2 aromatic carbocycles. The molecule has 2 aromatic rings. The molecule has 4 heteroatoms. The van der Waals surface area contributed by atoms with E-state index in [9.17, 15) is 9.59 Å². The van der Waals surface area contributed by atoms with Gasteiger partial charge in [-0.25, -0.2) is 5.32 Å². The summed E-state index contributed by atoms with van der Waals surface area (Å²) in [6.07, 6.45) is 0.761. The quantitative estimate of drug-likeness (QED) is 0.792. The number of carbonyl (C=O) groups excluding carboxylic acids is 2. The molecule has 0 atom stereocenters. The molecular formula is C17H16NO3. The number of rotatable bonds is 5. The highest BCUT2D eigenvalue weighted by molar-refractivity contribution is 5.96. The van der Waals surface area contributed by atoms with E-state index >= 15 is 0 Å². The fourth-order valence-corrected chi connectivity index (χ4v) is 1.92. The Bertz CT molecular complexity index is 623. The van der Waals surface area contributed by atoms with Gasteiger partial charge in [0.15, 0.2) is 0 Å². The van der Waals surface area contributed by atoms with E-state index in [2.05, 4.69) is 10.1 Å². The van der Waals surface area contributed by atoms with Gasteiger partial charge in [-0.1, -0.05) is 36.4 Å². The van der Waals surface area contributed by atoms with Crippen LogP contribution in [-0.2, 0) is 16.0 Å². The van der Waals surface area contributed by atoms with Gasteiger partial charge in [-0.05, 0) is 30.2 Å². The van der Waals surface area contributed by atoms with Crippen molar-refractivity contribution in [3.05, 3.63) is 65.7 Å². The van der Waals surface area contributed by atoms with E-state index in [-0.39, 0.29) is 18.3 Å². The van der Waals surface area contributed by atoms with Gasteiger partial charge >= 0.3 is 5.97 Å². The number of hydrogen-bond donors (Lipinski definition) is 0. The number of methoxy groups -OCH3 is 1. The van der Waals surface area contributed by atoms with Crippen LogP contribution in [0, 0.1) is 0 Å². The smallest absolute Gasteiger partial charge is 0.305 e. The average Bonchev–Trinajstić information content (AvgIpc) is 2.54. The van der Waals surface area contributed by atoms with Gasteiger partial charge in [0.05, 0.1) is 12.8 Å². The van der Waals surface area contributed by atoms with Crippen LogP contribution in [0.4, 0.5) is 5.69 Å². The summed E-state index contributed by atoms with van der Waals surface area (Å²) in [4.78, 5) is 23.3. The Kier molecular flexibility index (Phi) is 5.10. The van der Waals surface area contributed by atoms with E-state index in [1.165, 1.54) is 7.11 Å². The van der Waals surface area contributed by atoms with Crippen LogP contribution in [-0.4, -0.2) is 19.0 Å². The summed E-state index contributed by atoms with van der Waals surface area (Å²) in [5, 5.41) is 4.14. The van der Waals surface area contributed by atoms with Crippen molar-refractivity contribution >= 4 is 17.6 Å². The summed E-state index contributed by atoms with van der Waals surface area (Å²) in [5.74, 6) is -0.569. The van der Waals surface area contributed by atoms with E-state index in [1.807, 2.05) is 24.3 Å². The van der Waals surface area contributed by atoms with Gasteiger partial charge in [0, 0.05) is 12.0 Å². The first-order valence-corrected chi connectivity index (χ1v) is 6.66. The van der Waals surface area contributed by atoms with Crippen molar-refractivity contribution in [3.63, 3.8) is 0 Å². The number of esters is 1. The van der Waals surface area contributed by atoms with Crippen molar-refractivity contribution in [3.8, 4) is 0 Å². The monoisotopic (exact) mass is 282 g/mol. The molecule has 0 aliphatic rings. The molecule has 0 aromatic heterocycles. The molecule has 21 heavy (non-hydrogen) atoms. The lowest BCUT2D eigenvalue weighted by Crippen LogP contribution is -2.12. The molecule has 0 N–H and O–H groups in total. The van der Waals surface area contributed by atoms with E-state index in [0.717, 1.165) is 5.56 Å². The SMILES string of the molecule is COC(=O)CCc1ccccc1[N]C(=O)c1ccccc1. The first-order chi connectivity index (χ1) is 10.2. The minimum absolute atomic E-state index is 0.266. The van der Waals surface area contributed by atoms with E-state index in [4.69, 9.17) is 0 Å². The van der Waals surface area contributed by atoms with Crippen molar-refractivity contribution < 1.29 is 14.3 Å². The summed E-state index contributed by atoms with van der Waals surface area (Å²) in [7, 11) is 1.36. The van der Waals surface area contributed by atoms with Crippen LogP contribution in [0.15, 0.2) is 54.6 Å². The molecule has 0 fully saturated rings. The molecule has 0 saturated carbocycles. The van der Waals surface area contributed by atoms with Gasteiger partial charge in [0.25, 0.3) is 5.91 Å². The molecule has 0 aliphatic carbocycles. The molecule has 4 nitrogen and oxygen atoms in total. The Balaban J connectivity index is 2.09. The van der Waals surface area contributed by atoms with Crippen LogP contribution in [0.1, 0.15) is 22.3 Å². The molecule has 2 rings (SSSR count). The molecule has 0 bridgehead atoms. The first-order valence-electron chi connectivity index (χ1n) is 6.66. The van der Waals surface area contributed by atoms with Gasteiger partial charge in [-0.3, -0.25) is 9.59 Å². The van der Waals surface area contributed by atoms with Crippen LogP contribution in [0.3, 0.4) is 0 Å². The van der Waals surface area contributed by atoms with E-state index in [0.29, 0.717) is 17.7 Å². The lowest BCUT2D eigenvalue weighted by atomic mass is 10.1. The summed E-state index contributed by atoms with van der Waals surface area (Å²) in [6, 6.07) is 16.2. The Labute approximate surface area is 123 Å². The maximum atomic E-state index is 12.1. The molecule has 0 heterocycles. The number of hydrogen-bond acceptors (Lipinski definition) is 3. The van der Waals surface area contributed by atoms with Gasteiger partial charge in [-0.2, -0.15) is 0 Å². The molecule has 1 radical (unpaired) electrons. The van der Waals surface area contributed by atoms with Gasteiger partial charge in [0.2, 0.25) is 0 Å². The minimum atomic E-state index is -0.291. The minimum Gasteiger partial charge on any atom is -0.469 e. The second-order valence-electron chi connectivity index (χ2n) is 4.49. The zero-order chi connectivity index (χ0) is 15.1. The number of carbonyl (C=O) groups is 2. The van der Waals surface area contributed by atoms with Crippen molar-refractivity contribution in [1.29, 1.82) is 0 Å². The second-order valence-corrected chi connectivity index (χ2v) is 4.49. The van der Waals surface area contributed by atoms with Crippen LogP contribution in [0.5, 0.6) is 0 Å². The highest BCUT2D eigenvalue weighted by Gasteiger charge is 2.11. The number of aryl methyl sites for hydroxylation is 1. The third kappa shape index (κ3) is 4.18. The number of amides is 1. The predicted octanol–water partition coefficient (Wildman–Crippen LogP) is 2.87. The summed E-state index contributed by atoms with van der Waals surface area (Å²) < 4.78 is 4.63. The standard InChI is InChI=1S/C17H16NO3/c1-21-16(19)12-11-13-7-5-6-10-15(13)18-17(20)14-8-3-2-4-9-14/h2-10H,11-12H2,1H3. The van der Waals surface area contributed by atoms with Crippen molar-refractivity contribution in [1.82, 2.24) is 5.32 Å². The molecule has 1 amide bonds. The number of para-hydroxylation sites is 1. The maximum Gasteiger partial charge on any atom is 0.305 e. The third-order valence-corrected chi connectivity index (χ3v) is 3.06. The highest BCUT2D eigenvalue weighted by atomic mass is 16.5. The normalized spacial score (nSPS) is 9.95. The topological polar surface area (TPSA) is 57.5 Å². The molecular weight excluding hydrogens is 266 g/mol. The van der Waals surface area contributed by atoms with Crippen LogP contribution in [0.25, 0.3) is 0 Å². The van der Waals surface area contributed by atoms with Crippen molar-refractivity contribution in [2.45, 2.75) is 12.8 Å². The second kappa shape index (κ2) is 7.24. The Morgan fingerprint density at radius 3 is 2.38 bits per heavy atom. The number of ether oxygens (including phenoxy) is 1. The number of benzene rings is 2. The third-order valence-electron chi connectivity index (χ3n) is 3.06. The lowest BCUT2D eigenvalue weighted by Gasteiger charge is -2.08. The fraction of sp³-hybridized carbons (Fsp3) is 0.176. The van der Waals surface area contributed by atoms with Crippen molar-refractivity contribution in [2.24, 2.45) is 0 Å². The van der Waals surface area contributed by atoms with Gasteiger partial charge in [0.1, 0.15) is 0 Å². The zero-order valence-electron chi connectivity index (χ0n) is 11.8. The predicted molar refractivity (Wildman–Crippen MR) is 79.3 cm³/mol. The molecule has 107 valence electrons. The first kappa shape index (κ1) is 14.8. The largest absolute Gasteiger partial charge is 0.469 e. The molecule has 0 unspecified atom stereocenters. The number of nitrogens with zero attached hydrogens (tertiary/aromatic N) is 1. The van der Waals surface area contributed by atoms with Gasteiger partial charge in [-0.15, -0.1) is 0 Å². The molecule has 0 spiro atoms. The summed E-state index contributed by atoms with van der Waals surface area (Å²) in [6.45, 7) is 0. The average molecular weight is 282 g/mol. The summed E-state index contributed by atoms with van der Waals surface area (Å²) >= 11 is 0. The van der Waals surface area contributed by atoms with Crippen LogP contribution in [0.2, 0.25) is 0 Å². The zero-order valence-corrected chi connectivity index (χ0v) is 11.8. The summed E-state index contributed by atoms with van der Waals surface area (Å²) in [5.41, 5.74) is 1.99. The highest BCUT2D eigenvalue weighted by Crippen LogP contribution is 2.18. The van der Waals surface area contributed by atoms with Crippen LogP contribution < -0.4 is 5.32 Å². The van der Waals surface area contributed by atoms with Crippen LogP contribution >= 0.6 is 0 Å². The van der Waals surface area contributed by atoms with E-state index < -0.39 is 0 Å². The molecule has 0 saturated heterocycles.